The summed E-state index contributed by atoms with van der Waals surface area (Å²) in [5, 5.41) is 19.2. The summed E-state index contributed by atoms with van der Waals surface area (Å²) in [6, 6.07) is 0. The molecule has 0 radical (unpaired) electrons. The lowest BCUT2D eigenvalue weighted by atomic mass is 10.0. The molecule has 0 aliphatic heterocycles. The number of ether oxygens (including phenoxy) is 2. The molecule has 3 unspecified atom stereocenters. The third-order valence-corrected chi connectivity index (χ3v) is 10.4. The Morgan fingerprint density at radius 3 is 1.17 bits per heavy atom. The number of hydrogen-bond acceptors (Lipinski definition) is 9. The average Bonchev–Trinajstić information content (AvgIpc) is 3.16. The first kappa shape index (κ1) is 52.5. The van der Waals surface area contributed by atoms with Gasteiger partial charge >= 0.3 is 19.8 Å². The standard InChI is InChI=1S/C43H81O10P/c1-3-5-7-9-11-13-15-17-19-21-23-25-27-29-31-33-35-43(47)53-41(37-45)39-51-54(48,49)50-38-40(36-44)52-42(46)34-32-30-28-26-24-22-20-18-16-14-12-10-8-6-4-2/h13,15,19,21,40-41,44-45H,3-12,14,16-18,20,22-39H2,1-2H3,(H,48,49)/b15-13-,21-19-. The van der Waals surface area contributed by atoms with Crippen LogP contribution in [0.25, 0.3) is 0 Å². The molecule has 0 saturated carbocycles. The quantitative estimate of drug-likeness (QED) is 0.0236. The van der Waals surface area contributed by atoms with Crippen LogP contribution in [0, 0.1) is 0 Å². The number of carbonyl (C=O) groups excluding carboxylic acids is 2. The SMILES string of the molecule is CCCCCC/C=C\C/C=C\CCCCCCCC(=O)OC(CO)COP(=O)(O)OCC(CO)OC(=O)CCCCCCCCCCCCCCCCC. The van der Waals surface area contributed by atoms with E-state index in [0.717, 1.165) is 57.8 Å². The van der Waals surface area contributed by atoms with Gasteiger partial charge in [0.05, 0.1) is 26.4 Å². The van der Waals surface area contributed by atoms with Crippen LogP contribution in [0.5, 0.6) is 0 Å². The normalized spacial score (nSPS) is 14.1. The highest BCUT2D eigenvalue weighted by atomic mass is 31.2. The van der Waals surface area contributed by atoms with Gasteiger partial charge in [0.25, 0.3) is 0 Å². The molecule has 0 bridgehead atoms. The second-order valence-electron chi connectivity index (χ2n) is 14.7. The molecule has 54 heavy (non-hydrogen) atoms. The molecule has 0 aliphatic carbocycles. The van der Waals surface area contributed by atoms with Crippen molar-refractivity contribution in [1.29, 1.82) is 0 Å². The molecule has 0 saturated heterocycles. The molecular weight excluding hydrogens is 707 g/mol. The number of aliphatic hydroxyl groups excluding tert-OH is 2. The molecule has 0 spiro atoms. The first-order valence-corrected chi connectivity index (χ1v) is 23.3. The number of esters is 2. The smallest absolute Gasteiger partial charge is 0.457 e. The first-order chi connectivity index (χ1) is 26.3. The minimum atomic E-state index is -4.63. The van der Waals surface area contributed by atoms with Crippen LogP contribution in [0.1, 0.15) is 200 Å². The van der Waals surface area contributed by atoms with Crippen LogP contribution in [0.2, 0.25) is 0 Å². The highest BCUT2D eigenvalue weighted by Crippen LogP contribution is 2.43. The minimum absolute atomic E-state index is 0.178. The van der Waals surface area contributed by atoms with Gasteiger partial charge < -0.3 is 24.6 Å². The van der Waals surface area contributed by atoms with Gasteiger partial charge in [0, 0.05) is 12.8 Å². The van der Waals surface area contributed by atoms with Gasteiger partial charge in [-0.05, 0) is 44.9 Å². The zero-order chi connectivity index (χ0) is 39.8. The number of unbranched alkanes of at least 4 members (excludes halogenated alkanes) is 23. The predicted molar refractivity (Wildman–Crippen MR) is 219 cm³/mol. The minimum Gasteiger partial charge on any atom is -0.457 e. The van der Waals surface area contributed by atoms with Crippen LogP contribution in [0.15, 0.2) is 24.3 Å². The maximum atomic E-state index is 12.4. The number of phosphoric ester groups is 1. The lowest BCUT2D eigenvalue weighted by Gasteiger charge is -2.20. The molecular formula is C43H81O10P. The number of allylic oxidation sites excluding steroid dienone is 4. The van der Waals surface area contributed by atoms with E-state index < -0.39 is 58.4 Å². The Bertz CT molecular complexity index is 957. The summed E-state index contributed by atoms with van der Waals surface area (Å²) in [5.74, 6) is -1.03. The average molecular weight is 789 g/mol. The highest BCUT2D eigenvalue weighted by molar-refractivity contribution is 7.47. The Morgan fingerprint density at radius 2 is 0.815 bits per heavy atom. The van der Waals surface area contributed by atoms with E-state index in [1.807, 2.05) is 0 Å². The van der Waals surface area contributed by atoms with Crippen molar-refractivity contribution in [2.75, 3.05) is 26.4 Å². The second kappa shape index (κ2) is 39.7. The van der Waals surface area contributed by atoms with Gasteiger partial charge in [0.1, 0.15) is 12.2 Å². The summed E-state index contributed by atoms with van der Waals surface area (Å²) in [5.41, 5.74) is 0. The van der Waals surface area contributed by atoms with E-state index in [0.29, 0.717) is 12.8 Å². The largest absolute Gasteiger partial charge is 0.472 e. The van der Waals surface area contributed by atoms with Crippen LogP contribution >= 0.6 is 7.82 Å². The Kier molecular flexibility index (Phi) is 38.5. The zero-order valence-corrected chi connectivity index (χ0v) is 35.3. The summed E-state index contributed by atoms with van der Waals surface area (Å²) in [6.07, 6.45) is 38.6. The van der Waals surface area contributed by atoms with Crippen LogP contribution in [-0.4, -0.2) is 65.7 Å². The van der Waals surface area contributed by atoms with Gasteiger partial charge in [-0.15, -0.1) is 0 Å². The van der Waals surface area contributed by atoms with Gasteiger partial charge in [-0.3, -0.25) is 18.6 Å². The lowest BCUT2D eigenvalue weighted by molar-refractivity contribution is -0.153. The van der Waals surface area contributed by atoms with Crippen molar-refractivity contribution in [3.05, 3.63) is 24.3 Å². The maximum Gasteiger partial charge on any atom is 0.472 e. The third-order valence-electron chi connectivity index (χ3n) is 9.42. The van der Waals surface area contributed by atoms with E-state index in [1.54, 1.807) is 0 Å². The zero-order valence-electron chi connectivity index (χ0n) is 34.4. The van der Waals surface area contributed by atoms with Crippen molar-refractivity contribution in [2.24, 2.45) is 0 Å². The van der Waals surface area contributed by atoms with Crippen molar-refractivity contribution >= 4 is 19.8 Å². The summed E-state index contributed by atoms with van der Waals surface area (Å²) < 4.78 is 32.6. The first-order valence-electron chi connectivity index (χ1n) is 21.8. The summed E-state index contributed by atoms with van der Waals surface area (Å²) in [6.45, 7) is 2.19. The number of phosphoric acid groups is 1. The molecule has 0 aliphatic rings. The van der Waals surface area contributed by atoms with Gasteiger partial charge in [0.2, 0.25) is 0 Å². The highest BCUT2D eigenvalue weighted by Gasteiger charge is 2.27. The fourth-order valence-corrected chi connectivity index (χ4v) is 6.81. The van der Waals surface area contributed by atoms with Crippen LogP contribution in [0.4, 0.5) is 0 Å². The Morgan fingerprint density at radius 1 is 0.500 bits per heavy atom. The number of hydrogen-bond donors (Lipinski definition) is 3. The summed E-state index contributed by atoms with van der Waals surface area (Å²) in [7, 11) is -4.63. The molecule has 0 aromatic carbocycles. The molecule has 3 N–H and O–H groups in total. The van der Waals surface area contributed by atoms with Gasteiger partial charge in [-0.1, -0.05) is 167 Å². The van der Waals surface area contributed by atoms with Crippen molar-refractivity contribution in [1.82, 2.24) is 0 Å². The van der Waals surface area contributed by atoms with E-state index in [1.165, 1.54) is 103 Å². The predicted octanol–water partition coefficient (Wildman–Crippen LogP) is 11.4. The monoisotopic (exact) mass is 789 g/mol. The molecule has 11 heteroatoms. The van der Waals surface area contributed by atoms with E-state index in [9.17, 15) is 29.3 Å². The maximum absolute atomic E-state index is 12.4. The van der Waals surface area contributed by atoms with Crippen LogP contribution in [0.3, 0.4) is 0 Å². The Labute approximate surface area is 329 Å². The molecule has 0 aromatic rings. The molecule has 10 nitrogen and oxygen atoms in total. The molecule has 318 valence electrons. The van der Waals surface area contributed by atoms with Crippen molar-refractivity contribution in [2.45, 2.75) is 212 Å². The molecule has 0 amide bonds. The fraction of sp³-hybridized carbons (Fsp3) is 0.860. The molecule has 0 rings (SSSR count). The number of carbonyl (C=O) groups is 2. The van der Waals surface area contributed by atoms with Crippen molar-refractivity contribution in [3.8, 4) is 0 Å². The number of aliphatic hydroxyl groups is 2. The summed E-state index contributed by atoms with van der Waals surface area (Å²) in [4.78, 5) is 34.5. The Balaban J connectivity index is 3.93. The van der Waals surface area contributed by atoms with Gasteiger partial charge in [0.15, 0.2) is 0 Å². The Hall–Kier alpha value is -1.55. The third kappa shape index (κ3) is 37.4. The van der Waals surface area contributed by atoms with E-state index in [4.69, 9.17) is 18.5 Å². The molecule has 3 atom stereocenters. The topological polar surface area (TPSA) is 149 Å². The van der Waals surface area contributed by atoms with E-state index >= 15 is 0 Å². The van der Waals surface area contributed by atoms with Crippen LogP contribution in [-0.2, 0) is 32.7 Å². The van der Waals surface area contributed by atoms with Crippen molar-refractivity contribution < 1.29 is 47.8 Å². The molecule has 0 aromatic heterocycles. The molecule has 0 heterocycles. The van der Waals surface area contributed by atoms with Gasteiger partial charge in [-0.25, -0.2) is 4.57 Å². The van der Waals surface area contributed by atoms with Crippen molar-refractivity contribution in [3.63, 3.8) is 0 Å². The number of rotatable bonds is 41. The van der Waals surface area contributed by atoms with E-state index in [-0.39, 0.29) is 12.8 Å². The second-order valence-corrected chi connectivity index (χ2v) is 16.1. The molecule has 0 fully saturated rings. The fourth-order valence-electron chi connectivity index (χ4n) is 6.03. The summed E-state index contributed by atoms with van der Waals surface area (Å²) >= 11 is 0. The lowest BCUT2D eigenvalue weighted by Crippen LogP contribution is -2.28. The van der Waals surface area contributed by atoms with E-state index in [2.05, 4.69) is 38.2 Å². The van der Waals surface area contributed by atoms with Gasteiger partial charge in [-0.2, -0.15) is 0 Å². The van der Waals surface area contributed by atoms with Crippen LogP contribution < -0.4 is 0 Å².